The third-order valence-corrected chi connectivity index (χ3v) is 5.93. The Labute approximate surface area is 207 Å². The Balaban J connectivity index is 1.75. The monoisotopic (exact) mass is 522 g/mol. The Morgan fingerprint density at radius 3 is 2.19 bits per heavy atom. The number of hydrogen-bond acceptors (Lipinski definition) is 4. The first-order chi connectivity index (χ1) is 17.3. The van der Waals surface area contributed by atoms with Gasteiger partial charge in [-0.1, -0.05) is 12.1 Å². The molecule has 1 aliphatic rings. The van der Waals surface area contributed by atoms with E-state index in [4.69, 9.17) is 10.5 Å². The SMILES string of the molecule is Nc1cc(C(=O)O)cc(C2=C(c3cc(C(F)(F)F)cnc3OCc3ccc(C(F)(F)F)cc3)CCC2)c1. The van der Waals surface area contributed by atoms with Crippen LogP contribution < -0.4 is 10.5 Å². The van der Waals surface area contributed by atoms with E-state index in [0.717, 1.165) is 18.2 Å². The molecule has 5 nitrogen and oxygen atoms in total. The first-order valence-corrected chi connectivity index (χ1v) is 11.1. The highest BCUT2D eigenvalue weighted by molar-refractivity contribution is 5.97. The van der Waals surface area contributed by atoms with E-state index in [1.54, 1.807) is 6.07 Å². The number of ether oxygens (including phenoxy) is 1. The van der Waals surface area contributed by atoms with Crippen molar-refractivity contribution in [3.63, 3.8) is 0 Å². The maximum absolute atomic E-state index is 13.5. The molecule has 0 spiro atoms. The van der Waals surface area contributed by atoms with Gasteiger partial charge in [-0.2, -0.15) is 26.3 Å². The van der Waals surface area contributed by atoms with Crippen molar-refractivity contribution in [3.8, 4) is 5.88 Å². The molecule has 1 heterocycles. The second-order valence-corrected chi connectivity index (χ2v) is 8.52. The minimum absolute atomic E-state index is 0.0605. The summed E-state index contributed by atoms with van der Waals surface area (Å²) < 4.78 is 84.7. The third-order valence-electron chi connectivity index (χ3n) is 5.93. The van der Waals surface area contributed by atoms with E-state index in [1.165, 1.54) is 24.3 Å². The largest absolute Gasteiger partial charge is 0.478 e. The fourth-order valence-corrected chi connectivity index (χ4v) is 4.19. The highest BCUT2D eigenvalue weighted by Crippen LogP contribution is 2.44. The summed E-state index contributed by atoms with van der Waals surface area (Å²) in [5.74, 6) is -1.32. The molecular formula is C26H20F6N2O3. The molecule has 4 rings (SSSR count). The van der Waals surface area contributed by atoms with Crippen LogP contribution in [0.25, 0.3) is 11.1 Å². The van der Waals surface area contributed by atoms with Crippen molar-refractivity contribution in [2.75, 3.05) is 5.73 Å². The zero-order valence-electron chi connectivity index (χ0n) is 19.1. The molecule has 0 saturated heterocycles. The van der Waals surface area contributed by atoms with Gasteiger partial charge in [0.05, 0.1) is 16.7 Å². The van der Waals surface area contributed by atoms with Crippen LogP contribution in [0.3, 0.4) is 0 Å². The second kappa shape index (κ2) is 9.79. The predicted molar refractivity (Wildman–Crippen MR) is 123 cm³/mol. The molecule has 194 valence electrons. The Morgan fingerprint density at radius 1 is 0.919 bits per heavy atom. The van der Waals surface area contributed by atoms with Crippen LogP contribution in [0.4, 0.5) is 32.0 Å². The van der Waals surface area contributed by atoms with Crippen LogP contribution in [-0.4, -0.2) is 16.1 Å². The number of hydrogen-bond donors (Lipinski definition) is 2. The summed E-state index contributed by atoms with van der Waals surface area (Å²) >= 11 is 0. The van der Waals surface area contributed by atoms with Crippen LogP contribution in [0.15, 0.2) is 54.7 Å². The number of nitrogen functional groups attached to an aromatic ring is 1. The number of aromatic carboxylic acids is 1. The summed E-state index contributed by atoms with van der Waals surface area (Å²) in [7, 11) is 0. The lowest BCUT2D eigenvalue weighted by Gasteiger charge is -2.16. The predicted octanol–water partition coefficient (Wildman–Crippen LogP) is 7.07. The topological polar surface area (TPSA) is 85.4 Å². The van der Waals surface area contributed by atoms with Crippen LogP contribution in [0.1, 0.15) is 57.4 Å². The maximum Gasteiger partial charge on any atom is 0.417 e. The van der Waals surface area contributed by atoms with Crippen LogP contribution in [0.2, 0.25) is 0 Å². The van der Waals surface area contributed by atoms with Gasteiger partial charge in [0.15, 0.2) is 0 Å². The van der Waals surface area contributed by atoms with Crippen molar-refractivity contribution in [2.24, 2.45) is 0 Å². The number of nitrogens with zero attached hydrogens (tertiary/aromatic N) is 1. The molecule has 0 aliphatic heterocycles. The first-order valence-electron chi connectivity index (χ1n) is 11.1. The second-order valence-electron chi connectivity index (χ2n) is 8.52. The molecule has 0 amide bonds. The molecular weight excluding hydrogens is 502 g/mol. The maximum atomic E-state index is 13.5. The van der Waals surface area contributed by atoms with Crippen molar-refractivity contribution in [3.05, 3.63) is 88.1 Å². The smallest absolute Gasteiger partial charge is 0.417 e. The number of rotatable bonds is 6. The van der Waals surface area contributed by atoms with E-state index in [9.17, 15) is 36.2 Å². The Kier molecular flexibility index (Phi) is 6.90. The first kappa shape index (κ1) is 26.1. The number of benzene rings is 2. The molecule has 37 heavy (non-hydrogen) atoms. The van der Waals surface area contributed by atoms with Crippen LogP contribution in [0, 0.1) is 0 Å². The molecule has 0 atom stereocenters. The van der Waals surface area contributed by atoms with Crippen molar-refractivity contribution in [1.82, 2.24) is 4.98 Å². The van der Waals surface area contributed by atoms with Gasteiger partial charge in [-0.25, -0.2) is 9.78 Å². The number of pyridine rings is 1. The summed E-state index contributed by atoms with van der Waals surface area (Å²) in [5, 5.41) is 9.38. The molecule has 1 aromatic heterocycles. The lowest BCUT2D eigenvalue weighted by Crippen LogP contribution is -2.09. The number of allylic oxidation sites excluding steroid dienone is 2. The van der Waals surface area contributed by atoms with Gasteiger partial charge >= 0.3 is 18.3 Å². The van der Waals surface area contributed by atoms with E-state index in [-0.39, 0.29) is 29.3 Å². The summed E-state index contributed by atoms with van der Waals surface area (Å²) in [6, 6.07) is 9.36. The van der Waals surface area contributed by atoms with Crippen molar-refractivity contribution in [2.45, 2.75) is 38.2 Å². The zero-order chi connectivity index (χ0) is 27.0. The number of nitrogens with two attached hydrogens (primary N) is 1. The molecule has 11 heteroatoms. The van der Waals surface area contributed by atoms with E-state index < -0.39 is 29.4 Å². The van der Waals surface area contributed by atoms with Gasteiger partial charge in [0.1, 0.15) is 6.61 Å². The molecule has 0 saturated carbocycles. The lowest BCUT2D eigenvalue weighted by molar-refractivity contribution is -0.138. The Morgan fingerprint density at radius 2 is 1.57 bits per heavy atom. The zero-order valence-corrected chi connectivity index (χ0v) is 19.1. The Bertz CT molecular complexity index is 1360. The lowest BCUT2D eigenvalue weighted by atomic mass is 9.95. The van der Waals surface area contributed by atoms with Gasteiger partial charge in [-0.05, 0) is 77.9 Å². The fraction of sp³-hybridized carbons (Fsp3) is 0.231. The van der Waals surface area contributed by atoms with E-state index >= 15 is 0 Å². The average molecular weight is 522 g/mol. The summed E-state index contributed by atoms with van der Waals surface area (Å²) in [4.78, 5) is 15.4. The van der Waals surface area contributed by atoms with Gasteiger partial charge in [0.25, 0.3) is 0 Å². The highest BCUT2D eigenvalue weighted by Gasteiger charge is 2.33. The van der Waals surface area contributed by atoms with E-state index in [1.807, 2.05) is 0 Å². The quantitative estimate of drug-likeness (QED) is 0.267. The standard InChI is InChI=1S/C26H20F6N2O3/c27-25(28,29)17-6-4-14(5-7-17)13-37-23-22(11-18(12-34-23)26(30,31)32)21-3-1-2-20(21)15-8-16(24(35)36)10-19(33)9-15/h4-12H,1-3,13,33H2,(H,35,36). The van der Waals surface area contributed by atoms with E-state index in [2.05, 4.69) is 4.98 Å². The van der Waals surface area contributed by atoms with Crippen molar-refractivity contribution >= 4 is 22.8 Å². The van der Waals surface area contributed by atoms with Gasteiger partial charge in [-0.15, -0.1) is 0 Å². The number of halogens is 6. The van der Waals surface area contributed by atoms with Crippen molar-refractivity contribution < 1.29 is 41.0 Å². The summed E-state index contributed by atoms with van der Waals surface area (Å²) in [6.45, 7) is -0.229. The molecule has 2 aromatic carbocycles. The van der Waals surface area contributed by atoms with Gasteiger partial charge in [0, 0.05) is 17.4 Å². The van der Waals surface area contributed by atoms with E-state index in [0.29, 0.717) is 47.7 Å². The number of aromatic nitrogens is 1. The normalized spacial score (nSPS) is 14.2. The highest BCUT2D eigenvalue weighted by atomic mass is 19.4. The van der Waals surface area contributed by atoms with Crippen molar-refractivity contribution in [1.29, 1.82) is 0 Å². The number of anilines is 1. The number of carbonyl (C=O) groups is 1. The molecule has 0 unspecified atom stereocenters. The Hall–Kier alpha value is -4.02. The van der Waals surface area contributed by atoms with Crippen LogP contribution in [-0.2, 0) is 19.0 Å². The van der Waals surface area contributed by atoms with Crippen LogP contribution in [0.5, 0.6) is 5.88 Å². The molecule has 3 aromatic rings. The molecule has 1 aliphatic carbocycles. The van der Waals surface area contributed by atoms with Crippen LogP contribution >= 0.6 is 0 Å². The fourth-order valence-electron chi connectivity index (χ4n) is 4.19. The number of alkyl halides is 6. The summed E-state index contributed by atoms with van der Waals surface area (Å²) in [6.07, 6.45) is -7.12. The minimum atomic E-state index is -4.68. The van der Waals surface area contributed by atoms with Gasteiger partial charge in [0.2, 0.25) is 5.88 Å². The molecule has 0 bridgehead atoms. The molecule has 3 N–H and O–H groups in total. The number of carboxylic acids is 1. The molecule has 0 fully saturated rings. The third kappa shape index (κ3) is 5.87. The molecule has 0 radical (unpaired) electrons. The number of carboxylic acid groups (broad SMARTS) is 1. The van der Waals surface area contributed by atoms with Gasteiger partial charge in [-0.3, -0.25) is 0 Å². The minimum Gasteiger partial charge on any atom is -0.478 e. The average Bonchev–Trinajstić information content (AvgIpc) is 3.31. The summed E-state index contributed by atoms with van der Waals surface area (Å²) in [5.41, 5.74) is 6.19. The van der Waals surface area contributed by atoms with Gasteiger partial charge < -0.3 is 15.6 Å².